The highest BCUT2D eigenvalue weighted by Gasteiger charge is 2.23. The lowest BCUT2D eigenvalue weighted by Gasteiger charge is -2.24. The summed E-state index contributed by atoms with van der Waals surface area (Å²) in [7, 11) is 0. The van der Waals surface area contributed by atoms with Crippen LogP contribution in [0.4, 0.5) is 8.78 Å². The van der Waals surface area contributed by atoms with Crippen LogP contribution in [0.1, 0.15) is 5.56 Å². The molecule has 118 valence electrons. The summed E-state index contributed by atoms with van der Waals surface area (Å²) in [6.07, 6.45) is -2.71. The largest absolute Gasteiger partial charge is 0.504 e. The van der Waals surface area contributed by atoms with Crippen molar-refractivity contribution in [1.82, 2.24) is 4.90 Å². The first kappa shape index (κ1) is 17.1. The molecule has 5 N–H and O–H groups in total. The number of rotatable bonds is 7. The molecule has 1 amide bonds. The average molecular weight is 304 g/mol. The van der Waals surface area contributed by atoms with Crippen LogP contribution >= 0.6 is 0 Å². The average Bonchev–Trinajstić information content (AvgIpc) is 2.41. The number of nitrogens with two attached hydrogens (primary N) is 1. The van der Waals surface area contributed by atoms with E-state index in [1.165, 1.54) is 18.2 Å². The van der Waals surface area contributed by atoms with Gasteiger partial charge < -0.3 is 26.0 Å². The number of phenols is 2. The molecule has 1 rings (SSSR count). The minimum atomic E-state index is -2.72. The van der Waals surface area contributed by atoms with Gasteiger partial charge in [-0.2, -0.15) is 0 Å². The Morgan fingerprint density at radius 2 is 1.95 bits per heavy atom. The highest BCUT2D eigenvalue weighted by molar-refractivity contribution is 5.82. The van der Waals surface area contributed by atoms with Gasteiger partial charge in [0.1, 0.15) is 0 Å². The van der Waals surface area contributed by atoms with Crippen LogP contribution in [0.15, 0.2) is 18.2 Å². The molecule has 0 spiro atoms. The van der Waals surface area contributed by atoms with Gasteiger partial charge >= 0.3 is 0 Å². The molecule has 0 saturated carbocycles. The van der Waals surface area contributed by atoms with Gasteiger partial charge in [0.2, 0.25) is 5.91 Å². The molecule has 0 fully saturated rings. The fourth-order valence-electron chi connectivity index (χ4n) is 1.85. The van der Waals surface area contributed by atoms with Gasteiger partial charge in [0, 0.05) is 6.54 Å². The predicted octanol–water partition coefficient (Wildman–Crippen LogP) is 0.0536. The number of aliphatic hydroxyl groups excluding tert-OH is 1. The van der Waals surface area contributed by atoms with E-state index in [1.54, 1.807) is 0 Å². The molecule has 0 radical (unpaired) electrons. The van der Waals surface area contributed by atoms with Crippen molar-refractivity contribution in [3.05, 3.63) is 23.8 Å². The lowest BCUT2D eigenvalue weighted by Crippen LogP contribution is -2.47. The van der Waals surface area contributed by atoms with E-state index in [1.807, 2.05) is 0 Å². The Hall–Kier alpha value is -1.93. The number of hydrogen-bond donors (Lipinski definition) is 4. The molecule has 0 bridgehead atoms. The third-order valence-corrected chi connectivity index (χ3v) is 2.85. The predicted molar refractivity (Wildman–Crippen MR) is 71.1 cm³/mol. The van der Waals surface area contributed by atoms with Crippen LogP contribution in [0, 0.1) is 0 Å². The van der Waals surface area contributed by atoms with Gasteiger partial charge in [-0.25, -0.2) is 8.78 Å². The van der Waals surface area contributed by atoms with Crippen LogP contribution in [-0.2, 0) is 11.2 Å². The van der Waals surface area contributed by atoms with E-state index in [0.29, 0.717) is 5.56 Å². The number of phenolic OH excluding ortho intramolecular Hbond substituents is 2. The number of aliphatic hydroxyl groups is 1. The van der Waals surface area contributed by atoms with Crippen molar-refractivity contribution in [2.75, 3.05) is 19.7 Å². The van der Waals surface area contributed by atoms with Crippen LogP contribution in [-0.4, -0.2) is 58.3 Å². The molecular weight excluding hydrogens is 286 g/mol. The second-order valence-electron chi connectivity index (χ2n) is 4.53. The molecule has 0 aromatic heterocycles. The van der Waals surface area contributed by atoms with E-state index in [2.05, 4.69) is 0 Å². The third kappa shape index (κ3) is 5.16. The van der Waals surface area contributed by atoms with Crippen LogP contribution < -0.4 is 5.73 Å². The minimum absolute atomic E-state index is 0.0117. The van der Waals surface area contributed by atoms with Gasteiger partial charge in [-0.1, -0.05) is 6.07 Å². The first-order valence-corrected chi connectivity index (χ1v) is 6.29. The van der Waals surface area contributed by atoms with E-state index in [-0.39, 0.29) is 24.5 Å². The van der Waals surface area contributed by atoms with Crippen molar-refractivity contribution in [3.63, 3.8) is 0 Å². The molecule has 0 heterocycles. The zero-order valence-corrected chi connectivity index (χ0v) is 11.2. The van der Waals surface area contributed by atoms with Crippen molar-refractivity contribution < 1.29 is 28.9 Å². The SMILES string of the molecule is N[C@@H](Cc1ccc(O)c(O)c1)C(=O)N(CCO)CC(F)F. The number of alkyl halides is 2. The maximum Gasteiger partial charge on any atom is 0.255 e. The van der Waals surface area contributed by atoms with Crippen LogP contribution in [0.3, 0.4) is 0 Å². The second kappa shape index (κ2) is 7.75. The van der Waals surface area contributed by atoms with Crippen molar-refractivity contribution >= 4 is 5.91 Å². The first-order chi connectivity index (χ1) is 9.85. The van der Waals surface area contributed by atoms with Crippen molar-refractivity contribution in [2.24, 2.45) is 5.73 Å². The van der Waals surface area contributed by atoms with Gasteiger partial charge in [-0.3, -0.25) is 4.79 Å². The Bertz CT molecular complexity index is 485. The molecule has 1 atom stereocenters. The number of carbonyl (C=O) groups is 1. The monoisotopic (exact) mass is 304 g/mol. The summed E-state index contributed by atoms with van der Waals surface area (Å²) < 4.78 is 24.8. The summed E-state index contributed by atoms with van der Waals surface area (Å²) in [5, 5.41) is 27.3. The zero-order valence-electron chi connectivity index (χ0n) is 11.2. The summed E-state index contributed by atoms with van der Waals surface area (Å²) in [4.78, 5) is 12.8. The molecule has 1 aromatic rings. The van der Waals surface area contributed by atoms with E-state index >= 15 is 0 Å². The summed E-state index contributed by atoms with van der Waals surface area (Å²) >= 11 is 0. The van der Waals surface area contributed by atoms with Crippen LogP contribution in [0.5, 0.6) is 11.5 Å². The molecule has 0 aliphatic rings. The van der Waals surface area contributed by atoms with E-state index in [4.69, 9.17) is 10.8 Å². The van der Waals surface area contributed by atoms with Gasteiger partial charge in [0.05, 0.1) is 19.2 Å². The lowest BCUT2D eigenvalue weighted by molar-refractivity contribution is -0.135. The molecule has 8 heteroatoms. The smallest absolute Gasteiger partial charge is 0.255 e. The van der Waals surface area contributed by atoms with Crippen LogP contribution in [0.2, 0.25) is 0 Å². The lowest BCUT2D eigenvalue weighted by atomic mass is 10.0. The fraction of sp³-hybridized carbons (Fsp3) is 0.462. The number of carbonyl (C=O) groups excluding carboxylic acids is 1. The van der Waals surface area contributed by atoms with Crippen molar-refractivity contribution in [1.29, 1.82) is 0 Å². The highest BCUT2D eigenvalue weighted by atomic mass is 19.3. The molecule has 1 aromatic carbocycles. The number of halogens is 2. The standard InChI is InChI=1S/C13H18F2N2O4/c14-12(15)7-17(3-4-18)13(21)9(16)5-8-1-2-10(19)11(20)6-8/h1-2,6,9,12,18-20H,3-5,7,16H2/t9-/m0/s1. The maximum absolute atomic E-state index is 12.4. The first-order valence-electron chi connectivity index (χ1n) is 6.29. The minimum Gasteiger partial charge on any atom is -0.504 e. The molecule has 6 nitrogen and oxygen atoms in total. The number of nitrogens with zero attached hydrogens (tertiary/aromatic N) is 1. The van der Waals surface area contributed by atoms with Gasteiger partial charge in [-0.05, 0) is 24.1 Å². The van der Waals surface area contributed by atoms with Gasteiger partial charge in [-0.15, -0.1) is 0 Å². The van der Waals surface area contributed by atoms with E-state index in [9.17, 15) is 23.8 Å². The number of benzene rings is 1. The summed E-state index contributed by atoms with van der Waals surface area (Å²) in [6, 6.07) is 2.86. The second-order valence-corrected chi connectivity index (χ2v) is 4.53. The molecular formula is C13H18F2N2O4. The summed E-state index contributed by atoms with van der Waals surface area (Å²) in [5.74, 6) is -1.37. The van der Waals surface area contributed by atoms with Gasteiger partial charge in [0.25, 0.3) is 6.43 Å². The van der Waals surface area contributed by atoms with Crippen molar-refractivity contribution in [3.8, 4) is 11.5 Å². The summed E-state index contributed by atoms with van der Waals surface area (Å²) in [6.45, 7) is -1.46. The van der Waals surface area contributed by atoms with Crippen molar-refractivity contribution in [2.45, 2.75) is 18.9 Å². The number of amides is 1. The number of aromatic hydroxyl groups is 2. The number of hydrogen-bond acceptors (Lipinski definition) is 5. The molecule has 0 aliphatic heterocycles. The topological polar surface area (TPSA) is 107 Å². The van der Waals surface area contributed by atoms with Crippen LogP contribution in [0.25, 0.3) is 0 Å². The van der Waals surface area contributed by atoms with E-state index < -0.39 is 31.5 Å². The Kier molecular flexibility index (Phi) is 6.32. The Morgan fingerprint density at radius 1 is 1.29 bits per heavy atom. The highest BCUT2D eigenvalue weighted by Crippen LogP contribution is 2.25. The molecule has 21 heavy (non-hydrogen) atoms. The van der Waals surface area contributed by atoms with Gasteiger partial charge in [0.15, 0.2) is 11.5 Å². The molecule has 0 saturated heterocycles. The quantitative estimate of drug-likeness (QED) is 0.533. The Morgan fingerprint density at radius 3 is 2.48 bits per heavy atom. The fourth-order valence-corrected chi connectivity index (χ4v) is 1.85. The molecule has 0 unspecified atom stereocenters. The Balaban J connectivity index is 2.73. The maximum atomic E-state index is 12.4. The third-order valence-electron chi connectivity index (χ3n) is 2.85. The van der Waals surface area contributed by atoms with E-state index in [0.717, 1.165) is 4.90 Å². The summed E-state index contributed by atoms with van der Waals surface area (Å²) in [5.41, 5.74) is 6.16. The zero-order chi connectivity index (χ0) is 16.0. The normalized spacial score (nSPS) is 12.4. The molecule has 0 aliphatic carbocycles. The Labute approximate surface area is 120 Å².